The van der Waals surface area contributed by atoms with Crippen molar-refractivity contribution in [3.8, 4) is 11.4 Å². The number of halogens is 3. The monoisotopic (exact) mass is 517 g/mol. The van der Waals surface area contributed by atoms with Gasteiger partial charge in [0, 0.05) is 24.8 Å². The summed E-state index contributed by atoms with van der Waals surface area (Å²) in [5.74, 6) is -0.639. The van der Waals surface area contributed by atoms with Crippen LogP contribution in [0.15, 0.2) is 64.1 Å². The summed E-state index contributed by atoms with van der Waals surface area (Å²) >= 11 is 0. The molecule has 0 atom stereocenters. The van der Waals surface area contributed by atoms with Crippen LogP contribution in [0.4, 0.5) is 19.0 Å². The van der Waals surface area contributed by atoms with Gasteiger partial charge in [-0.2, -0.15) is 18.2 Å². The van der Waals surface area contributed by atoms with Crippen LogP contribution >= 0.6 is 0 Å². The molecule has 0 bridgehead atoms. The van der Waals surface area contributed by atoms with Crippen LogP contribution in [0.2, 0.25) is 0 Å². The van der Waals surface area contributed by atoms with Crippen molar-refractivity contribution in [1.82, 2.24) is 15.1 Å². The Bertz CT molecular complexity index is 1500. The van der Waals surface area contributed by atoms with Crippen molar-refractivity contribution >= 4 is 26.6 Å². The van der Waals surface area contributed by atoms with Gasteiger partial charge in [-0.25, -0.2) is 18.5 Å². The summed E-state index contributed by atoms with van der Waals surface area (Å²) < 4.78 is 66.9. The first-order valence-electron chi connectivity index (χ1n) is 11.3. The van der Waals surface area contributed by atoms with Crippen LogP contribution in [-0.4, -0.2) is 36.6 Å². The Morgan fingerprint density at radius 3 is 2.44 bits per heavy atom. The van der Waals surface area contributed by atoms with Gasteiger partial charge in [-0.15, -0.1) is 0 Å². The maximum Gasteiger partial charge on any atom is 0.471 e. The van der Waals surface area contributed by atoms with Gasteiger partial charge in [-0.05, 0) is 59.7 Å². The summed E-state index contributed by atoms with van der Waals surface area (Å²) in [7, 11) is -3.86. The Labute approximate surface area is 205 Å². The van der Waals surface area contributed by atoms with E-state index in [0.717, 1.165) is 29.2 Å². The number of fused-ring (bicyclic) bond motifs is 1. The Balaban J connectivity index is 1.28. The Morgan fingerprint density at radius 1 is 1.06 bits per heavy atom. The molecule has 1 saturated heterocycles. The summed E-state index contributed by atoms with van der Waals surface area (Å²) in [4.78, 5) is 10.0. The topological polar surface area (TPSA) is 115 Å². The summed E-state index contributed by atoms with van der Waals surface area (Å²) in [6.07, 6.45) is -1.06. The van der Waals surface area contributed by atoms with Crippen molar-refractivity contribution in [3.05, 3.63) is 66.2 Å². The van der Waals surface area contributed by atoms with Crippen LogP contribution in [0.3, 0.4) is 0 Å². The highest BCUT2D eigenvalue weighted by molar-refractivity contribution is 7.89. The van der Waals surface area contributed by atoms with E-state index >= 15 is 0 Å². The number of sulfonamides is 1. The van der Waals surface area contributed by atoms with Crippen molar-refractivity contribution in [2.75, 3.05) is 18.0 Å². The molecule has 2 N–H and O–H groups in total. The number of aromatic nitrogens is 3. The molecule has 4 aromatic rings. The molecular formula is C24H22F3N5O3S. The molecule has 2 aromatic heterocycles. The molecular weight excluding hydrogens is 495 g/mol. The molecule has 0 aliphatic carbocycles. The number of nitrogens with zero attached hydrogens (tertiary/aromatic N) is 4. The van der Waals surface area contributed by atoms with E-state index in [9.17, 15) is 21.6 Å². The van der Waals surface area contributed by atoms with Crippen LogP contribution in [-0.2, 0) is 22.6 Å². The number of hydrogen-bond acceptors (Lipinski definition) is 7. The van der Waals surface area contributed by atoms with Crippen LogP contribution in [0.1, 0.15) is 24.3 Å². The largest absolute Gasteiger partial charge is 0.471 e. The highest BCUT2D eigenvalue weighted by Gasteiger charge is 2.38. The third-order valence-corrected chi connectivity index (χ3v) is 7.41. The number of rotatable bonds is 5. The summed E-state index contributed by atoms with van der Waals surface area (Å²) in [5.41, 5.74) is 1.06. The lowest BCUT2D eigenvalue weighted by Gasteiger charge is -2.33. The van der Waals surface area contributed by atoms with E-state index < -0.39 is 22.1 Å². The maximum atomic E-state index is 12.7. The van der Waals surface area contributed by atoms with Crippen molar-refractivity contribution in [1.29, 1.82) is 0 Å². The third-order valence-electron chi connectivity index (χ3n) is 6.41. The molecule has 188 valence electrons. The van der Waals surface area contributed by atoms with E-state index in [-0.39, 0.29) is 16.6 Å². The number of nitrogens with two attached hydrogens (primary N) is 1. The molecule has 0 amide bonds. The Hall–Kier alpha value is -3.51. The van der Waals surface area contributed by atoms with E-state index in [0.29, 0.717) is 30.9 Å². The zero-order valence-corrected chi connectivity index (χ0v) is 19.8. The zero-order valence-electron chi connectivity index (χ0n) is 18.9. The molecule has 36 heavy (non-hydrogen) atoms. The first kappa shape index (κ1) is 24.2. The number of primary sulfonamides is 1. The first-order valence-corrected chi connectivity index (χ1v) is 12.8. The van der Waals surface area contributed by atoms with Gasteiger partial charge >= 0.3 is 12.1 Å². The minimum absolute atomic E-state index is 0.163. The lowest BCUT2D eigenvalue weighted by molar-refractivity contribution is -0.159. The van der Waals surface area contributed by atoms with Gasteiger partial charge in [0.05, 0.1) is 4.90 Å². The van der Waals surface area contributed by atoms with Gasteiger partial charge in [0.1, 0.15) is 5.82 Å². The van der Waals surface area contributed by atoms with E-state index in [1.54, 1.807) is 24.3 Å². The number of piperidine rings is 1. The number of pyridine rings is 1. The molecule has 5 rings (SSSR count). The molecule has 0 unspecified atom stereocenters. The Kier molecular flexibility index (Phi) is 6.17. The minimum atomic E-state index is -4.70. The standard InChI is InChI=1S/C24H22F3N5O3S/c25-24(26,27)23-30-22(31-35-23)17-6-8-21(29-14-17)32-11-9-15(10-12-32)13-19-18-4-2-1-3-16(18)5-7-20(19)36(28,33)34/h1-8,14-15H,9-13H2,(H2,28,33,34). The van der Waals surface area contributed by atoms with Crippen molar-refractivity contribution < 1.29 is 26.1 Å². The number of hydrogen-bond donors (Lipinski definition) is 1. The maximum absolute atomic E-state index is 12.7. The fourth-order valence-electron chi connectivity index (χ4n) is 4.61. The average Bonchev–Trinajstić information content (AvgIpc) is 3.35. The van der Waals surface area contributed by atoms with Crippen molar-refractivity contribution in [2.45, 2.75) is 30.3 Å². The molecule has 0 saturated carbocycles. The molecule has 12 heteroatoms. The van der Waals surface area contributed by atoms with Gasteiger partial charge in [0.2, 0.25) is 15.8 Å². The number of benzene rings is 2. The highest BCUT2D eigenvalue weighted by Crippen LogP contribution is 2.32. The second-order valence-corrected chi connectivity index (χ2v) is 10.3. The fourth-order valence-corrected chi connectivity index (χ4v) is 5.40. The van der Waals surface area contributed by atoms with Gasteiger partial charge < -0.3 is 9.42 Å². The molecule has 3 heterocycles. The van der Waals surface area contributed by atoms with Crippen LogP contribution in [0, 0.1) is 5.92 Å². The normalized spacial score (nSPS) is 15.5. The van der Waals surface area contributed by atoms with E-state index in [4.69, 9.17) is 5.14 Å². The van der Waals surface area contributed by atoms with Crippen molar-refractivity contribution in [2.24, 2.45) is 11.1 Å². The lowest BCUT2D eigenvalue weighted by Crippen LogP contribution is -2.35. The number of alkyl halides is 3. The highest BCUT2D eigenvalue weighted by atomic mass is 32.2. The molecule has 0 radical (unpaired) electrons. The lowest BCUT2D eigenvalue weighted by atomic mass is 9.88. The van der Waals surface area contributed by atoms with E-state index in [1.165, 1.54) is 6.20 Å². The van der Waals surface area contributed by atoms with Crippen LogP contribution in [0.5, 0.6) is 0 Å². The zero-order chi connectivity index (χ0) is 25.5. The molecule has 1 aliphatic heterocycles. The SMILES string of the molecule is NS(=O)(=O)c1ccc2ccccc2c1CC1CCN(c2ccc(-c3noc(C(F)(F)F)n3)cn2)CC1. The predicted molar refractivity (Wildman–Crippen MR) is 126 cm³/mol. The summed E-state index contributed by atoms with van der Waals surface area (Å²) in [5, 5.41) is 10.7. The third kappa shape index (κ3) is 4.91. The van der Waals surface area contributed by atoms with Gasteiger partial charge in [-0.1, -0.05) is 35.5 Å². The van der Waals surface area contributed by atoms with Gasteiger partial charge in [-0.3, -0.25) is 0 Å². The molecule has 1 fully saturated rings. The first-order chi connectivity index (χ1) is 17.1. The van der Waals surface area contributed by atoms with Crippen LogP contribution < -0.4 is 10.0 Å². The minimum Gasteiger partial charge on any atom is -0.357 e. The average molecular weight is 518 g/mol. The van der Waals surface area contributed by atoms with Gasteiger partial charge in [0.15, 0.2) is 0 Å². The second kappa shape index (κ2) is 9.17. The van der Waals surface area contributed by atoms with Crippen LogP contribution in [0.25, 0.3) is 22.2 Å². The summed E-state index contributed by atoms with van der Waals surface area (Å²) in [6.45, 7) is 1.40. The second-order valence-electron chi connectivity index (χ2n) is 8.77. The summed E-state index contributed by atoms with van der Waals surface area (Å²) in [6, 6.07) is 14.3. The number of anilines is 1. The quantitative estimate of drug-likeness (QED) is 0.417. The van der Waals surface area contributed by atoms with E-state index in [2.05, 4.69) is 24.5 Å². The smallest absolute Gasteiger partial charge is 0.357 e. The fraction of sp³-hybridized carbons (Fsp3) is 0.292. The predicted octanol–water partition coefficient (Wildman–Crippen LogP) is 4.41. The van der Waals surface area contributed by atoms with E-state index in [1.807, 2.05) is 24.3 Å². The van der Waals surface area contributed by atoms with Gasteiger partial charge in [0.25, 0.3) is 0 Å². The molecule has 8 nitrogen and oxygen atoms in total. The van der Waals surface area contributed by atoms with Crippen molar-refractivity contribution in [3.63, 3.8) is 0 Å². The molecule has 1 aliphatic rings. The Morgan fingerprint density at radius 2 is 1.81 bits per heavy atom. The molecule has 0 spiro atoms. The molecule has 2 aromatic carbocycles.